The Morgan fingerprint density at radius 1 is 1.12 bits per heavy atom. The van der Waals surface area contributed by atoms with Gasteiger partial charge in [0.15, 0.2) is 0 Å². The molecule has 1 aromatic heterocycles. The van der Waals surface area contributed by atoms with Gasteiger partial charge in [0.1, 0.15) is 11.9 Å². The van der Waals surface area contributed by atoms with Crippen LogP contribution in [0.4, 0.5) is 4.39 Å². The first-order chi connectivity index (χ1) is 8.08. The number of nitrogens with zero attached hydrogens (tertiary/aromatic N) is 1. The Hall–Kier alpha value is -1.74. The summed E-state index contributed by atoms with van der Waals surface area (Å²) in [6, 6.07) is 6.51. The van der Waals surface area contributed by atoms with Crippen LogP contribution in [0.1, 0.15) is 28.4 Å². The lowest BCUT2D eigenvalue weighted by Crippen LogP contribution is -2.04. The van der Waals surface area contributed by atoms with Gasteiger partial charge in [-0.05, 0) is 25.5 Å². The highest BCUT2D eigenvalue weighted by atomic mass is 19.1. The predicted molar refractivity (Wildman–Crippen MR) is 64.2 cm³/mol. The van der Waals surface area contributed by atoms with E-state index in [0.717, 1.165) is 11.1 Å². The smallest absolute Gasteiger partial charge is 0.129 e. The maximum Gasteiger partial charge on any atom is 0.129 e. The number of rotatable bonds is 2. The standard InChI is InChI=1S/C14H14FNO/c1-9-3-4-13(15)12(6-9)14(17)11-5-10(2)7-16-8-11/h3-8,14,17H,1-2H3. The van der Waals surface area contributed by atoms with Crippen molar-refractivity contribution in [2.75, 3.05) is 0 Å². The van der Waals surface area contributed by atoms with E-state index in [2.05, 4.69) is 4.98 Å². The van der Waals surface area contributed by atoms with Crippen LogP contribution < -0.4 is 0 Å². The molecule has 0 saturated heterocycles. The van der Waals surface area contributed by atoms with Gasteiger partial charge in [0, 0.05) is 23.5 Å². The summed E-state index contributed by atoms with van der Waals surface area (Å²) in [5.74, 6) is -0.399. The number of aliphatic hydroxyl groups is 1. The average molecular weight is 231 g/mol. The number of halogens is 1. The molecule has 1 heterocycles. The van der Waals surface area contributed by atoms with Gasteiger partial charge in [0.2, 0.25) is 0 Å². The lowest BCUT2D eigenvalue weighted by Gasteiger charge is -2.13. The maximum absolute atomic E-state index is 13.6. The van der Waals surface area contributed by atoms with Gasteiger partial charge in [-0.25, -0.2) is 4.39 Å². The number of aliphatic hydroxyl groups excluding tert-OH is 1. The molecule has 88 valence electrons. The SMILES string of the molecule is Cc1cncc(C(O)c2cc(C)ccc2F)c1. The quantitative estimate of drug-likeness (QED) is 0.862. The third-order valence-corrected chi connectivity index (χ3v) is 2.66. The molecule has 0 fully saturated rings. The number of pyridine rings is 1. The van der Waals surface area contributed by atoms with Gasteiger partial charge >= 0.3 is 0 Å². The molecule has 1 unspecified atom stereocenters. The van der Waals surface area contributed by atoms with Gasteiger partial charge in [-0.15, -0.1) is 0 Å². The summed E-state index contributed by atoms with van der Waals surface area (Å²) in [5, 5.41) is 10.1. The average Bonchev–Trinajstić information content (AvgIpc) is 2.31. The minimum atomic E-state index is -0.970. The molecule has 0 radical (unpaired) electrons. The van der Waals surface area contributed by atoms with Crippen molar-refractivity contribution < 1.29 is 9.50 Å². The van der Waals surface area contributed by atoms with Crippen molar-refractivity contribution in [2.24, 2.45) is 0 Å². The van der Waals surface area contributed by atoms with Crippen molar-refractivity contribution >= 4 is 0 Å². The second-order valence-electron chi connectivity index (χ2n) is 4.22. The number of hydrogen-bond donors (Lipinski definition) is 1. The minimum Gasteiger partial charge on any atom is -0.383 e. The highest BCUT2D eigenvalue weighted by Crippen LogP contribution is 2.25. The summed E-state index contributed by atoms with van der Waals surface area (Å²) in [7, 11) is 0. The molecular weight excluding hydrogens is 217 g/mol. The van der Waals surface area contributed by atoms with Gasteiger partial charge in [-0.3, -0.25) is 4.98 Å². The van der Waals surface area contributed by atoms with Gasteiger partial charge in [0.05, 0.1) is 0 Å². The molecule has 0 aliphatic heterocycles. The normalized spacial score (nSPS) is 12.5. The van der Waals surface area contributed by atoms with E-state index in [1.807, 2.05) is 13.8 Å². The van der Waals surface area contributed by atoms with Crippen LogP contribution in [-0.2, 0) is 0 Å². The summed E-state index contributed by atoms with van der Waals surface area (Å²) in [6.07, 6.45) is 2.28. The van der Waals surface area contributed by atoms with Crippen LogP contribution in [0, 0.1) is 19.7 Å². The highest BCUT2D eigenvalue weighted by molar-refractivity contribution is 5.33. The fraction of sp³-hybridized carbons (Fsp3) is 0.214. The first-order valence-corrected chi connectivity index (χ1v) is 5.43. The predicted octanol–water partition coefficient (Wildman–Crippen LogP) is 2.92. The molecule has 2 nitrogen and oxygen atoms in total. The molecule has 0 aliphatic rings. The van der Waals surface area contributed by atoms with Crippen molar-refractivity contribution in [3.8, 4) is 0 Å². The summed E-state index contributed by atoms with van der Waals surface area (Å²) in [4.78, 5) is 4.00. The van der Waals surface area contributed by atoms with Crippen LogP contribution in [0.25, 0.3) is 0 Å². The summed E-state index contributed by atoms with van der Waals surface area (Å²) in [6.45, 7) is 3.75. The number of hydrogen-bond acceptors (Lipinski definition) is 2. The molecule has 1 aromatic carbocycles. The van der Waals surface area contributed by atoms with Crippen LogP contribution in [0.2, 0.25) is 0 Å². The van der Waals surface area contributed by atoms with E-state index in [-0.39, 0.29) is 5.56 Å². The third-order valence-electron chi connectivity index (χ3n) is 2.66. The lowest BCUT2D eigenvalue weighted by atomic mass is 10.00. The Balaban J connectivity index is 2.43. The minimum absolute atomic E-state index is 0.289. The van der Waals surface area contributed by atoms with E-state index < -0.39 is 11.9 Å². The molecule has 2 aromatic rings. The van der Waals surface area contributed by atoms with Crippen molar-refractivity contribution in [1.29, 1.82) is 0 Å². The molecule has 0 bridgehead atoms. The second-order valence-corrected chi connectivity index (χ2v) is 4.22. The second kappa shape index (κ2) is 4.63. The van der Waals surface area contributed by atoms with Crippen LogP contribution >= 0.6 is 0 Å². The molecule has 3 heteroatoms. The van der Waals surface area contributed by atoms with E-state index in [4.69, 9.17) is 0 Å². The molecule has 1 N–H and O–H groups in total. The zero-order chi connectivity index (χ0) is 12.4. The molecule has 2 rings (SSSR count). The Morgan fingerprint density at radius 2 is 1.88 bits per heavy atom. The Morgan fingerprint density at radius 3 is 2.59 bits per heavy atom. The molecule has 0 spiro atoms. The Kier molecular flexibility index (Phi) is 3.20. The first-order valence-electron chi connectivity index (χ1n) is 5.43. The molecule has 0 aliphatic carbocycles. The van der Waals surface area contributed by atoms with Gasteiger partial charge in [0.25, 0.3) is 0 Å². The molecule has 17 heavy (non-hydrogen) atoms. The zero-order valence-corrected chi connectivity index (χ0v) is 9.81. The van der Waals surface area contributed by atoms with Crippen LogP contribution in [-0.4, -0.2) is 10.1 Å². The number of aromatic nitrogens is 1. The fourth-order valence-corrected chi connectivity index (χ4v) is 1.78. The fourth-order valence-electron chi connectivity index (χ4n) is 1.78. The zero-order valence-electron chi connectivity index (χ0n) is 9.81. The van der Waals surface area contributed by atoms with Crippen molar-refractivity contribution in [3.63, 3.8) is 0 Å². The maximum atomic E-state index is 13.6. The van der Waals surface area contributed by atoms with Crippen molar-refractivity contribution in [2.45, 2.75) is 20.0 Å². The number of aryl methyl sites for hydroxylation is 2. The largest absolute Gasteiger partial charge is 0.383 e. The molecular formula is C14H14FNO. The van der Waals surface area contributed by atoms with E-state index >= 15 is 0 Å². The molecule has 1 atom stereocenters. The van der Waals surface area contributed by atoms with E-state index in [9.17, 15) is 9.50 Å². The van der Waals surface area contributed by atoms with Crippen LogP contribution in [0.15, 0.2) is 36.7 Å². The Labute approximate surface area is 99.8 Å². The lowest BCUT2D eigenvalue weighted by molar-refractivity contribution is 0.214. The summed E-state index contributed by atoms with van der Waals surface area (Å²) >= 11 is 0. The van der Waals surface area contributed by atoms with Gasteiger partial charge < -0.3 is 5.11 Å². The van der Waals surface area contributed by atoms with Crippen molar-refractivity contribution in [1.82, 2.24) is 4.98 Å². The monoisotopic (exact) mass is 231 g/mol. The summed E-state index contributed by atoms with van der Waals surface area (Å²) < 4.78 is 13.6. The molecule has 0 saturated carbocycles. The topological polar surface area (TPSA) is 33.1 Å². The van der Waals surface area contributed by atoms with Crippen LogP contribution in [0.5, 0.6) is 0 Å². The third kappa shape index (κ3) is 2.50. The van der Waals surface area contributed by atoms with Gasteiger partial charge in [-0.1, -0.05) is 23.8 Å². The van der Waals surface area contributed by atoms with Crippen LogP contribution in [0.3, 0.4) is 0 Å². The highest BCUT2D eigenvalue weighted by Gasteiger charge is 2.15. The summed E-state index contributed by atoms with van der Waals surface area (Å²) in [5.41, 5.74) is 2.75. The first kappa shape index (κ1) is 11.7. The van der Waals surface area contributed by atoms with E-state index in [0.29, 0.717) is 5.56 Å². The van der Waals surface area contributed by atoms with E-state index in [1.165, 1.54) is 6.07 Å². The van der Waals surface area contributed by atoms with E-state index in [1.54, 1.807) is 30.6 Å². The van der Waals surface area contributed by atoms with Crippen molar-refractivity contribution in [3.05, 3.63) is 64.7 Å². The Bertz CT molecular complexity index is 539. The molecule has 0 amide bonds. The number of benzene rings is 1. The van der Waals surface area contributed by atoms with Gasteiger partial charge in [-0.2, -0.15) is 0 Å².